The predicted molar refractivity (Wildman–Crippen MR) is 41.2 cm³/mol. The Hall–Kier alpha value is -1.52. The average molecular weight is 189 g/mol. The van der Waals surface area contributed by atoms with Gasteiger partial charge in [0.05, 0.1) is 0 Å². The zero-order chi connectivity index (χ0) is 10.0. The minimum atomic E-state index is -2.34. The van der Waals surface area contributed by atoms with Gasteiger partial charge >= 0.3 is 6.16 Å². The van der Waals surface area contributed by atoms with Crippen molar-refractivity contribution < 1.29 is 18.1 Å². The average Bonchev–Trinajstić information content (AvgIpc) is 2.03. The predicted octanol–water partition coefficient (Wildman–Crippen LogP) is 2.91. The van der Waals surface area contributed by atoms with Gasteiger partial charge in [0.25, 0.3) is 0 Å². The monoisotopic (exact) mass is 189 g/mol. The van der Waals surface area contributed by atoms with E-state index in [1.54, 1.807) is 6.92 Å². The minimum Gasteiger partial charge on any atom is -0.231 e. The first-order valence-electron chi connectivity index (χ1n) is 3.44. The highest BCUT2D eigenvalue weighted by molar-refractivity contribution is 5.84. The van der Waals surface area contributed by atoms with Crippen LogP contribution in [0, 0.1) is 12.7 Å². The van der Waals surface area contributed by atoms with E-state index in [1.807, 2.05) is 0 Å². The van der Waals surface area contributed by atoms with Crippen molar-refractivity contribution in [3.8, 4) is 0 Å². The second-order valence-electron chi connectivity index (χ2n) is 2.49. The van der Waals surface area contributed by atoms with Gasteiger partial charge in [-0.05, 0) is 24.6 Å². The smallest absolute Gasteiger partial charge is 0.231 e. The molecule has 1 aromatic rings. The third-order valence-electron chi connectivity index (χ3n) is 1.47. The van der Waals surface area contributed by atoms with Gasteiger partial charge in [0.2, 0.25) is 0 Å². The highest BCUT2D eigenvalue weighted by Gasteiger charge is 2.17. The van der Waals surface area contributed by atoms with Crippen molar-refractivity contribution in [2.75, 3.05) is 5.12 Å². The van der Waals surface area contributed by atoms with E-state index in [0.29, 0.717) is 5.56 Å². The molecule has 0 aliphatic carbocycles. The molecule has 70 valence electrons. The van der Waals surface area contributed by atoms with Crippen LogP contribution in [0.2, 0.25) is 0 Å². The van der Waals surface area contributed by atoms with Gasteiger partial charge in [-0.1, -0.05) is 10.5 Å². The topological polar surface area (TPSA) is 20.3 Å². The first kappa shape index (κ1) is 9.57. The molecule has 13 heavy (non-hydrogen) atoms. The van der Waals surface area contributed by atoms with Crippen molar-refractivity contribution in [1.82, 2.24) is 0 Å². The first-order valence-corrected chi connectivity index (χ1v) is 3.44. The Labute approximate surface area is 72.5 Å². The Morgan fingerprint density at radius 1 is 1.46 bits per heavy atom. The number of halogens is 3. The summed E-state index contributed by atoms with van der Waals surface area (Å²) in [6.07, 6.45) is -2.34. The maximum atomic E-state index is 12.9. The maximum Gasteiger partial charge on any atom is 0.433 e. The second-order valence-corrected chi connectivity index (χ2v) is 2.49. The lowest BCUT2D eigenvalue weighted by atomic mass is 10.2. The number of rotatable bonds is 1. The van der Waals surface area contributed by atoms with Gasteiger partial charge < -0.3 is 0 Å². The van der Waals surface area contributed by atoms with Crippen molar-refractivity contribution in [3.63, 3.8) is 0 Å². The van der Waals surface area contributed by atoms with E-state index >= 15 is 0 Å². The van der Waals surface area contributed by atoms with Crippen LogP contribution in [-0.2, 0) is 0 Å². The van der Waals surface area contributed by atoms with Gasteiger partial charge in [-0.25, -0.2) is 9.18 Å². The summed E-state index contributed by atoms with van der Waals surface area (Å²) in [4.78, 5) is 9.90. The van der Waals surface area contributed by atoms with Gasteiger partial charge in [0, 0.05) is 0 Å². The molecule has 0 bridgehead atoms. The molecule has 0 N–H and O–H groups in total. The molecule has 2 nitrogen and oxygen atoms in total. The molecule has 0 saturated heterocycles. The molecule has 0 aliphatic heterocycles. The molecule has 1 aromatic carbocycles. The Balaban J connectivity index is 3.08. The van der Waals surface area contributed by atoms with E-state index in [-0.39, 0.29) is 0 Å². The van der Waals surface area contributed by atoms with Gasteiger partial charge in [0.1, 0.15) is 11.5 Å². The molecule has 0 aromatic heterocycles. The number of hydrogen-bond donors (Lipinski definition) is 0. The van der Waals surface area contributed by atoms with Crippen molar-refractivity contribution in [1.29, 1.82) is 0 Å². The molecular formula is C8H6F3NO. The summed E-state index contributed by atoms with van der Waals surface area (Å²) in [6, 6.07) is 3.36. The lowest BCUT2D eigenvalue weighted by Crippen LogP contribution is -2.16. The van der Waals surface area contributed by atoms with Crippen LogP contribution in [0.5, 0.6) is 0 Å². The Bertz CT molecular complexity index is 340. The van der Waals surface area contributed by atoms with Crippen LogP contribution in [0.3, 0.4) is 0 Å². The number of nitrogens with zero attached hydrogens (tertiary/aromatic N) is 1. The Morgan fingerprint density at radius 2 is 2.08 bits per heavy atom. The Morgan fingerprint density at radius 3 is 2.54 bits per heavy atom. The highest BCUT2D eigenvalue weighted by atomic mass is 19.2. The van der Waals surface area contributed by atoms with E-state index in [0.717, 1.165) is 12.1 Å². The normalized spacial score (nSPS) is 9.85. The van der Waals surface area contributed by atoms with Crippen molar-refractivity contribution in [2.24, 2.45) is 0 Å². The summed E-state index contributed by atoms with van der Waals surface area (Å²) in [5.74, 6) is -0.978. The number of anilines is 1. The van der Waals surface area contributed by atoms with Gasteiger partial charge in [-0.3, -0.25) is 0 Å². The summed E-state index contributed by atoms with van der Waals surface area (Å²) in [6.45, 7) is 1.59. The van der Waals surface area contributed by atoms with Crippen LogP contribution in [0.25, 0.3) is 0 Å². The Kier molecular flexibility index (Phi) is 2.55. The quantitative estimate of drug-likeness (QED) is 0.378. The van der Waals surface area contributed by atoms with Crippen LogP contribution in [0.15, 0.2) is 18.2 Å². The summed E-state index contributed by atoms with van der Waals surface area (Å²) < 4.78 is 37.2. The van der Waals surface area contributed by atoms with Gasteiger partial charge in [0.15, 0.2) is 0 Å². The fourth-order valence-corrected chi connectivity index (χ4v) is 0.866. The fourth-order valence-electron chi connectivity index (χ4n) is 0.866. The van der Waals surface area contributed by atoms with E-state index < -0.39 is 22.8 Å². The van der Waals surface area contributed by atoms with Crippen LogP contribution in [-0.4, -0.2) is 6.16 Å². The van der Waals surface area contributed by atoms with Crippen LogP contribution >= 0.6 is 0 Å². The minimum absolute atomic E-state index is 0.556. The van der Waals surface area contributed by atoms with Crippen LogP contribution < -0.4 is 5.12 Å². The standard InChI is InChI=1S/C8H6F3NO/c1-5-2-3-7(6(9)4-5)12(11)8(10)13/h2-4H,1H3. The van der Waals surface area contributed by atoms with E-state index in [9.17, 15) is 18.1 Å². The second kappa shape index (κ2) is 3.47. The first-order chi connectivity index (χ1) is 6.02. The summed E-state index contributed by atoms with van der Waals surface area (Å²) >= 11 is 0. The zero-order valence-electron chi connectivity index (χ0n) is 6.72. The number of carbonyl (C=O) groups excluding carboxylic acids is 1. The third kappa shape index (κ3) is 1.99. The summed E-state index contributed by atoms with van der Waals surface area (Å²) in [7, 11) is 0. The number of amides is 1. The van der Waals surface area contributed by atoms with E-state index in [2.05, 4.69) is 0 Å². The number of benzene rings is 1. The molecular weight excluding hydrogens is 183 g/mol. The molecule has 0 spiro atoms. The fraction of sp³-hybridized carbons (Fsp3) is 0.125. The molecule has 0 fully saturated rings. The molecule has 0 radical (unpaired) electrons. The zero-order valence-corrected chi connectivity index (χ0v) is 6.72. The maximum absolute atomic E-state index is 12.9. The van der Waals surface area contributed by atoms with E-state index in [1.165, 1.54) is 6.07 Å². The highest BCUT2D eigenvalue weighted by Crippen LogP contribution is 2.21. The number of aryl methyl sites for hydroxylation is 1. The SMILES string of the molecule is Cc1ccc(N(F)C(=O)F)c(F)c1. The van der Waals surface area contributed by atoms with E-state index in [4.69, 9.17) is 0 Å². The van der Waals surface area contributed by atoms with Crippen LogP contribution in [0.1, 0.15) is 5.56 Å². The molecule has 0 aliphatic rings. The van der Waals surface area contributed by atoms with Gasteiger partial charge in [-0.15, -0.1) is 9.51 Å². The number of hydrogen-bond acceptors (Lipinski definition) is 1. The van der Waals surface area contributed by atoms with Crippen LogP contribution in [0.4, 0.5) is 23.7 Å². The largest absolute Gasteiger partial charge is 0.433 e. The molecule has 0 unspecified atom stereocenters. The molecule has 0 heterocycles. The summed E-state index contributed by atoms with van der Waals surface area (Å²) in [5.41, 5.74) is -0.168. The summed E-state index contributed by atoms with van der Waals surface area (Å²) in [5, 5.41) is -0.880. The van der Waals surface area contributed by atoms with Crippen molar-refractivity contribution in [3.05, 3.63) is 29.6 Å². The lowest BCUT2D eigenvalue weighted by molar-refractivity contribution is 0.213. The molecule has 1 amide bonds. The number of carbonyl (C=O) groups is 1. The molecule has 0 saturated carbocycles. The lowest BCUT2D eigenvalue weighted by Gasteiger charge is -2.07. The van der Waals surface area contributed by atoms with Gasteiger partial charge in [-0.2, -0.15) is 0 Å². The molecule has 5 heteroatoms. The molecule has 1 rings (SSSR count). The third-order valence-corrected chi connectivity index (χ3v) is 1.47. The molecule has 0 atom stereocenters. The van der Waals surface area contributed by atoms with Crippen molar-refractivity contribution >= 4 is 11.8 Å². The van der Waals surface area contributed by atoms with Crippen molar-refractivity contribution in [2.45, 2.75) is 6.92 Å².